The molecule has 154 valence electrons. The van der Waals surface area contributed by atoms with Crippen LogP contribution in [0.4, 0.5) is 0 Å². The van der Waals surface area contributed by atoms with Crippen LogP contribution in [0.2, 0.25) is 0 Å². The minimum Gasteiger partial charge on any atom is -0.481 e. The highest BCUT2D eigenvalue weighted by Crippen LogP contribution is 2.36. The van der Waals surface area contributed by atoms with Crippen LogP contribution in [0.3, 0.4) is 0 Å². The highest BCUT2D eigenvalue weighted by Gasteiger charge is 2.38. The molecule has 2 unspecified atom stereocenters. The lowest BCUT2D eigenvalue weighted by Gasteiger charge is -2.24. The molecule has 2 atom stereocenters. The molecule has 2 aromatic rings. The van der Waals surface area contributed by atoms with E-state index in [-0.39, 0.29) is 24.5 Å². The Morgan fingerprint density at radius 1 is 1.21 bits per heavy atom. The molecule has 0 radical (unpaired) electrons. The van der Waals surface area contributed by atoms with Crippen molar-refractivity contribution in [2.75, 3.05) is 13.7 Å². The number of carbonyl (C=O) groups excluding carboxylic acids is 1. The summed E-state index contributed by atoms with van der Waals surface area (Å²) in [5.74, 6) is -1.08. The Hall–Kier alpha value is -2.67. The normalized spacial score (nSPS) is 22.3. The van der Waals surface area contributed by atoms with Gasteiger partial charge in [0.1, 0.15) is 0 Å². The number of likely N-dealkylation sites (tertiary alicyclic amines) is 1. The third-order valence-corrected chi connectivity index (χ3v) is 6.12. The second-order valence-corrected chi connectivity index (χ2v) is 7.96. The molecule has 1 aliphatic carbocycles. The van der Waals surface area contributed by atoms with E-state index in [9.17, 15) is 14.7 Å². The zero-order valence-corrected chi connectivity index (χ0v) is 16.7. The lowest BCUT2D eigenvalue weighted by molar-refractivity contribution is -0.137. The number of methoxy groups -OCH3 is 1. The number of benzene rings is 1. The van der Waals surface area contributed by atoms with Crippen molar-refractivity contribution in [1.29, 1.82) is 0 Å². The highest BCUT2D eigenvalue weighted by atomic mass is 16.5. The van der Waals surface area contributed by atoms with E-state index in [4.69, 9.17) is 4.74 Å². The van der Waals surface area contributed by atoms with Crippen molar-refractivity contribution in [1.82, 2.24) is 14.7 Å². The number of amides is 1. The smallest absolute Gasteiger partial charge is 0.305 e. The standard InChI is InChI=1S/C22H27N3O4/c1-29-18-11-17(12-20(26)27)24(14-18)22(28)19-13-23-25(16-9-5-6-10-16)21(19)15-7-3-2-4-8-15/h2-4,7-8,13,16-18H,5-6,9-12,14H2,1H3,(H,26,27). The van der Waals surface area contributed by atoms with Gasteiger partial charge in [0.2, 0.25) is 0 Å². The van der Waals surface area contributed by atoms with E-state index in [2.05, 4.69) is 5.10 Å². The lowest BCUT2D eigenvalue weighted by Crippen LogP contribution is -2.37. The van der Waals surface area contributed by atoms with Crippen LogP contribution < -0.4 is 0 Å². The Kier molecular flexibility index (Phi) is 5.67. The predicted octanol–water partition coefficient (Wildman–Crippen LogP) is 3.37. The van der Waals surface area contributed by atoms with Gasteiger partial charge in [0.25, 0.3) is 5.91 Å². The average Bonchev–Trinajstić information content (AvgIpc) is 3.46. The Morgan fingerprint density at radius 3 is 2.59 bits per heavy atom. The molecule has 1 saturated carbocycles. The maximum absolute atomic E-state index is 13.5. The molecule has 1 amide bonds. The van der Waals surface area contributed by atoms with Gasteiger partial charge in [0.05, 0.1) is 36.0 Å². The Morgan fingerprint density at radius 2 is 1.93 bits per heavy atom. The third kappa shape index (κ3) is 3.92. The SMILES string of the molecule is COC1CC(CC(=O)O)N(C(=O)c2cnn(C3CCCC3)c2-c2ccccc2)C1. The van der Waals surface area contributed by atoms with Gasteiger partial charge >= 0.3 is 5.97 Å². The minimum atomic E-state index is -0.908. The topological polar surface area (TPSA) is 84.7 Å². The van der Waals surface area contributed by atoms with Crippen molar-refractivity contribution in [2.45, 2.75) is 56.7 Å². The Labute approximate surface area is 170 Å². The van der Waals surface area contributed by atoms with E-state index in [0.29, 0.717) is 24.6 Å². The number of hydrogen-bond donors (Lipinski definition) is 1. The molecule has 7 heteroatoms. The maximum atomic E-state index is 13.5. The number of aromatic nitrogens is 2. The lowest BCUT2D eigenvalue weighted by atomic mass is 10.0. The predicted molar refractivity (Wildman–Crippen MR) is 108 cm³/mol. The number of carbonyl (C=O) groups is 2. The van der Waals surface area contributed by atoms with Gasteiger partial charge in [-0.25, -0.2) is 0 Å². The summed E-state index contributed by atoms with van der Waals surface area (Å²) in [6.45, 7) is 0.399. The molecule has 7 nitrogen and oxygen atoms in total. The van der Waals surface area contributed by atoms with Crippen LogP contribution in [0.15, 0.2) is 36.5 Å². The van der Waals surface area contributed by atoms with Crippen LogP contribution in [0, 0.1) is 0 Å². The number of nitrogens with zero attached hydrogens (tertiary/aromatic N) is 3. The zero-order chi connectivity index (χ0) is 20.4. The van der Waals surface area contributed by atoms with Crippen molar-refractivity contribution in [2.24, 2.45) is 0 Å². The fourth-order valence-electron chi connectivity index (χ4n) is 4.67. The quantitative estimate of drug-likeness (QED) is 0.808. The summed E-state index contributed by atoms with van der Waals surface area (Å²) in [7, 11) is 1.60. The molecule has 1 aliphatic heterocycles. The van der Waals surface area contributed by atoms with Gasteiger partial charge in [0, 0.05) is 25.3 Å². The molecular weight excluding hydrogens is 370 g/mol. The molecule has 2 aliphatic rings. The number of ether oxygens (including phenoxy) is 1. The first-order chi connectivity index (χ1) is 14.1. The summed E-state index contributed by atoms with van der Waals surface area (Å²) < 4.78 is 7.44. The number of carboxylic acid groups (broad SMARTS) is 1. The summed E-state index contributed by atoms with van der Waals surface area (Å²) in [6, 6.07) is 9.79. The first-order valence-electron chi connectivity index (χ1n) is 10.3. The highest BCUT2D eigenvalue weighted by molar-refractivity contribution is 6.00. The summed E-state index contributed by atoms with van der Waals surface area (Å²) >= 11 is 0. The summed E-state index contributed by atoms with van der Waals surface area (Å²) in [4.78, 5) is 26.5. The largest absolute Gasteiger partial charge is 0.481 e. The number of aliphatic carboxylic acids is 1. The molecule has 1 aromatic heterocycles. The van der Waals surface area contributed by atoms with Crippen LogP contribution >= 0.6 is 0 Å². The molecule has 4 rings (SSSR count). The van der Waals surface area contributed by atoms with E-state index in [1.54, 1.807) is 18.2 Å². The number of hydrogen-bond acceptors (Lipinski definition) is 4. The molecular formula is C22H27N3O4. The van der Waals surface area contributed by atoms with Gasteiger partial charge in [-0.15, -0.1) is 0 Å². The van der Waals surface area contributed by atoms with Gasteiger partial charge in [-0.1, -0.05) is 43.2 Å². The maximum Gasteiger partial charge on any atom is 0.305 e. The second-order valence-electron chi connectivity index (χ2n) is 7.96. The summed E-state index contributed by atoms with van der Waals surface area (Å²) in [6.07, 6.45) is 6.43. The number of carboxylic acids is 1. The second kappa shape index (κ2) is 8.37. The van der Waals surface area contributed by atoms with E-state index in [1.165, 1.54) is 12.8 Å². The van der Waals surface area contributed by atoms with E-state index in [0.717, 1.165) is 24.1 Å². The van der Waals surface area contributed by atoms with Crippen LogP contribution in [0.1, 0.15) is 54.9 Å². The van der Waals surface area contributed by atoms with Gasteiger partial charge in [0.15, 0.2) is 0 Å². The molecule has 1 saturated heterocycles. The molecule has 2 fully saturated rings. The molecule has 0 bridgehead atoms. The van der Waals surface area contributed by atoms with Crippen LogP contribution in [-0.2, 0) is 9.53 Å². The monoisotopic (exact) mass is 397 g/mol. The van der Waals surface area contributed by atoms with Crippen molar-refractivity contribution in [3.8, 4) is 11.3 Å². The molecule has 1 N–H and O–H groups in total. The summed E-state index contributed by atoms with van der Waals surface area (Å²) in [5, 5.41) is 13.9. The first kappa shape index (κ1) is 19.6. The van der Waals surface area contributed by atoms with E-state index in [1.807, 2.05) is 35.0 Å². The third-order valence-electron chi connectivity index (χ3n) is 6.12. The van der Waals surface area contributed by atoms with Gasteiger partial charge in [-0.05, 0) is 19.3 Å². The van der Waals surface area contributed by atoms with Gasteiger partial charge in [-0.2, -0.15) is 5.10 Å². The number of rotatable bonds is 6. The fraction of sp³-hybridized carbons (Fsp3) is 0.500. The first-order valence-corrected chi connectivity index (χ1v) is 10.3. The molecule has 2 heterocycles. The van der Waals surface area contributed by atoms with E-state index >= 15 is 0 Å². The van der Waals surface area contributed by atoms with Crippen molar-refractivity contribution < 1.29 is 19.4 Å². The van der Waals surface area contributed by atoms with Crippen LogP contribution in [0.25, 0.3) is 11.3 Å². The van der Waals surface area contributed by atoms with Crippen molar-refractivity contribution in [3.05, 3.63) is 42.1 Å². The minimum absolute atomic E-state index is 0.0803. The zero-order valence-electron chi connectivity index (χ0n) is 16.7. The van der Waals surface area contributed by atoms with Crippen molar-refractivity contribution >= 4 is 11.9 Å². The Balaban J connectivity index is 1.72. The molecule has 1 aromatic carbocycles. The van der Waals surface area contributed by atoms with Gasteiger partial charge in [-0.3, -0.25) is 14.3 Å². The fourth-order valence-corrected chi connectivity index (χ4v) is 4.67. The van der Waals surface area contributed by atoms with Crippen LogP contribution in [0.5, 0.6) is 0 Å². The Bertz CT molecular complexity index is 873. The molecule has 29 heavy (non-hydrogen) atoms. The summed E-state index contributed by atoms with van der Waals surface area (Å²) in [5.41, 5.74) is 2.32. The van der Waals surface area contributed by atoms with Crippen LogP contribution in [-0.4, -0.2) is 57.5 Å². The molecule has 0 spiro atoms. The van der Waals surface area contributed by atoms with E-state index < -0.39 is 5.97 Å². The van der Waals surface area contributed by atoms with Gasteiger partial charge < -0.3 is 14.7 Å². The van der Waals surface area contributed by atoms with Crippen molar-refractivity contribution in [3.63, 3.8) is 0 Å². The average molecular weight is 397 g/mol.